The molecule has 1 heterocycles. The Labute approximate surface area is 154 Å². The van der Waals surface area contributed by atoms with E-state index in [9.17, 15) is 0 Å². The van der Waals surface area contributed by atoms with E-state index in [4.69, 9.17) is 4.74 Å². The molecule has 134 valence electrons. The second-order valence-electron chi connectivity index (χ2n) is 6.20. The van der Waals surface area contributed by atoms with Crippen molar-refractivity contribution in [3.8, 4) is 5.75 Å². The maximum absolute atomic E-state index is 5.19. The Morgan fingerprint density at radius 3 is 2.27 bits per heavy atom. The quantitative estimate of drug-likeness (QED) is 0.658. The number of benzene rings is 2. The summed E-state index contributed by atoms with van der Waals surface area (Å²) < 4.78 is 5.19. The van der Waals surface area contributed by atoms with Crippen LogP contribution in [0, 0.1) is 13.8 Å². The van der Waals surface area contributed by atoms with Gasteiger partial charge in [0.05, 0.1) is 7.11 Å². The van der Waals surface area contributed by atoms with Crippen LogP contribution in [0.3, 0.4) is 0 Å². The van der Waals surface area contributed by atoms with Crippen LogP contribution in [0.15, 0.2) is 54.6 Å². The highest BCUT2D eigenvalue weighted by Gasteiger charge is 2.03. The Kier molecular flexibility index (Phi) is 5.69. The number of anilines is 3. The van der Waals surface area contributed by atoms with Crippen LogP contribution >= 0.6 is 0 Å². The first-order valence-corrected chi connectivity index (χ1v) is 8.68. The molecule has 0 aliphatic heterocycles. The van der Waals surface area contributed by atoms with E-state index >= 15 is 0 Å². The summed E-state index contributed by atoms with van der Waals surface area (Å²) in [5.41, 5.74) is 3.50. The molecule has 3 rings (SSSR count). The van der Waals surface area contributed by atoms with Gasteiger partial charge >= 0.3 is 0 Å². The molecular weight excluding hydrogens is 324 g/mol. The number of hydrogen-bond acceptors (Lipinski definition) is 5. The SMILES string of the molecule is COc1ccc(CCNc2cc(Nc3ccc(C)cc3)nc(C)n2)cc1. The summed E-state index contributed by atoms with van der Waals surface area (Å²) in [5, 5.41) is 6.70. The van der Waals surface area contributed by atoms with E-state index in [1.165, 1.54) is 11.1 Å². The predicted molar refractivity (Wildman–Crippen MR) is 106 cm³/mol. The smallest absolute Gasteiger partial charge is 0.136 e. The molecule has 5 nitrogen and oxygen atoms in total. The van der Waals surface area contributed by atoms with E-state index in [0.29, 0.717) is 0 Å². The van der Waals surface area contributed by atoms with Gasteiger partial charge in [0.15, 0.2) is 0 Å². The molecule has 26 heavy (non-hydrogen) atoms. The summed E-state index contributed by atoms with van der Waals surface area (Å²) in [5.74, 6) is 3.21. The Morgan fingerprint density at radius 1 is 0.885 bits per heavy atom. The minimum atomic E-state index is 0.731. The molecule has 0 amide bonds. The molecule has 0 fully saturated rings. The third-order valence-corrected chi connectivity index (χ3v) is 4.04. The summed E-state index contributed by atoms with van der Waals surface area (Å²) in [4.78, 5) is 8.93. The first kappa shape index (κ1) is 17.7. The van der Waals surface area contributed by atoms with Crippen LogP contribution in [-0.2, 0) is 6.42 Å². The topological polar surface area (TPSA) is 59.1 Å². The number of aryl methyl sites for hydroxylation is 2. The molecule has 5 heteroatoms. The Hall–Kier alpha value is -3.08. The molecule has 0 saturated heterocycles. The first-order chi connectivity index (χ1) is 12.6. The zero-order chi connectivity index (χ0) is 18.4. The molecule has 0 unspecified atom stereocenters. The van der Waals surface area contributed by atoms with Gasteiger partial charge in [-0.15, -0.1) is 0 Å². The number of nitrogens with zero attached hydrogens (tertiary/aromatic N) is 2. The van der Waals surface area contributed by atoms with Gasteiger partial charge < -0.3 is 15.4 Å². The average molecular weight is 348 g/mol. The summed E-state index contributed by atoms with van der Waals surface area (Å²) in [6.45, 7) is 4.77. The van der Waals surface area contributed by atoms with Crippen molar-refractivity contribution in [2.24, 2.45) is 0 Å². The molecule has 0 saturated carbocycles. The number of methoxy groups -OCH3 is 1. The fourth-order valence-electron chi connectivity index (χ4n) is 2.63. The summed E-state index contributed by atoms with van der Waals surface area (Å²) in [6, 6.07) is 18.3. The zero-order valence-electron chi connectivity index (χ0n) is 15.4. The van der Waals surface area contributed by atoms with E-state index in [-0.39, 0.29) is 0 Å². The highest BCUT2D eigenvalue weighted by Crippen LogP contribution is 2.18. The van der Waals surface area contributed by atoms with Gasteiger partial charge in [0.2, 0.25) is 0 Å². The molecule has 0 atom stereocenters. The van der Waals surface area contributed by atoms with E-state index in [1.807, 2.05) is 37.3 Å². The minimum Gasteiger partial charge on any atom is -0.497 e. The normalized spacial score (nSPS) is 10.4. The summed E-state index contributed by atoms with van der Waals surface area (Å²) in [7, 11) is 1.68. The van der Waals surface area contributed by atoms with Crippen molar-refractivity contribution in [3.63, 3.8) is 0 Å². The number of ether oxygens (including phenoxy) is 1. The molecular formula is C21H24N4O. The second kappa shape index (κ2) is 8.34. The molecule has 3 aromatic rings. The van der Waals surface area contributed by atoms with Gasteiger partial charge in [0, 0.05) is 18.3 Å². The van der Waals surface area contributed by atoms with Crippen LogP contribution in [0.5, 0.6) is 5.75 Å². The lowest BCUT2D eigenvalue weighted by molar-refractivity contribution is 0.414. The Morgan fingerprint density at radius 2 is 1.58 bits per heavy atom. The number of hydrogen-bond donors (Lipinski definition) is 2. The van der Waals surface area contributed by atoms with Gasteiger partial charge in [-0.3, -0.25) is 0 Å². The van der Waals surface area contributed by atoms with Crippen molar-refractivity contribution in [2.75, 3.05) is 24.3 Å². The second-order valence-corrected chi connectivity index (χ2v) is 6.20. The largest absolute Gasteiger partial charge is 0.497 e. The van der Waals surface area contributed by atoms with Crippen molar-refractivity contribution in [1.29, 1.82) is 0 Å². The third-order valence-electron chi connectivity index (χ3n) is 4.04. The minimum absolute atomic E-state index is 0.731. The van der Waals surface area contributed by atoms with Crippen LogP contribution in [-0.4, -0.2) is 23.6 Å². The summed E-state index contributed by atoms with van der Waals surface area (Å²) in [6.07, 6.45) is 0.910. The van der Waals surface area contributed by atoms with Gasteiger partial charge in [-0.1, -0.05) is 29.8 Å². The van der Waals surface area contributed by atoms with Crippen LogP contribution in [0.4, 0.5) is 17.3 Å². The van der Waals surface area contributed by atoms with Gasteiger partial charge in [-0.25, -0.2) is 9.97 Å². The lowest BCUT2D eigenvalue weighted by Gasteiger charge is -2.11. The number of aromatic nitrogens is 2. The first-order valence-electron chi connectivity index (χ1n) is 8.68. The van der Waals surface area contributed by atoms with Crippen LogP contribution < -0.4 is 15.4 Å². The van der Waals surface area contributed by atoms with Crippen molar-refractivity contribution in [2.45, 2.75) is 20.3 Å². The molecule has 1 aromatic heterocycles. The van der Waals surface area contributed by atoms with E-state index in [1.54, 1.807) is 7.11 Å². The van der Waals surface area contributed by atoms with Gasteiger partial charge in [0.25, 0.3) is 0 Å². The molecule has 0 radical (unpaired) electrons. The molecule has 2 aromatic carbocycles. The van der Waals surface area contributed by atoms with Crippen LogP contribution in [0.1, 0.15) is 17.0 Å². The van der Waals surface area contributed by atoms with Crippen molar-refractivity contribution in [1.82, 2.24) is 9.97 Å². The Balaban J connectivity index is 1.60. The van der Waals surface area contributed by atoms with Crippen molar-refractivity contribution < 1.29 is 4.74 Å². The van der Waals surface area contributed by atoms with Crippen LogP contribution in [0.25, 0.3) is 0 Å². The van der Waals surface area contributed by atoms with Crippen molar-refractivity contribution in [3.05, 3.63) is 71.5 Å². The fraction of sp³-hybridized carbons (Fsp3) is 0.238. The maximum Gasteiger partial charge on any atom is 0.136 e. The molecule has 2 N–H and O–H groups in total. The third kappa shape index (κ3) is 4.96. The predicted octanol–water partition coefficient (Wildman–Crippen LogP) is 4.50. The molecule has 0 bridgehead atoms. The van der Waals surface area contributed by atoms with E-state index < -0.39 is 0 Å². The molecule has 0 spiro atoms. The fourth-order valence-corrected chi connectivity index (χ4v) is 2.63. The lowest BCUT2D eigenvalue weighted by atomic mass is 10.1. The molecule has 0 aliphatic rings. The number of nitrogens with one attached hydrogen (secondary N) is 2. The van der Waals surface area contributed by atoms with Crippen molar-refractivity contribution >= 4 is 17.3 Å². The van der Waals surface area contributed by atoms with E-state index in [0.717, 1.165) is 41.9 Å². The standard InChI is InChI=1S/C21H24N4O/c1-15-4-8-18(9-5-15)25-21-14-20(23-16(2)24-21)22-13-12-17-6-10-19(26-3)11-7-17/h4-11,14H,12-13H2,1-3H3,(H2,22,23,24,25). The van der Waals surface area contributed by atoms with Gasteiger partial charge in [0.1, 0.15) is 23.2 Å². The monoisotopic (exact) mass is 348 g/mol. The average Bonchev–Trinajstić information content (AvgIpc) is 2.64. The Bertz CT molecular complexity index is 845. The lowest BCUT2D eigenvalue weighted by Crippen LogP contribution is -2.08. The van der Waals surface area contributed by atoms with Gasteiger partial charge in [-0.2, -0.15) is 0 Å². The van der Waals surface area contributed by atoms with E-state index in [2.05, 4.69) is 51.8 Å². The summed E-state index contributed by atoms with van der Waals surface area (Å²) >= 11 is 0. The highest BCUT2D eigenvalue weighted by molar-refractivity contribution is 5.59. The molecule has 0 aliphatic carbocycles. The van der Waals surface area contributed by atoms with Crippen LogP contribution in [0.2, 0.25) is 0 Å². The number of rotatable bonds is 7. The highest BCUT2D eigenvalue weighted by atomic mass is 16.5. The maximum atomic E-state index is 5.19. The zero-order valence-corrected chi connectivity index (χ0v) is 15.4. The van der Waals surface area contributed by atoms with Gasteiger partial charge in [-0.05, 0) is 50.1 Å².